The molecular formula is C20H22N2O5. The average molecular weight is 370 g/mol. The minimum atomic E-state index is -0.554. The third-order valence-corrected chi connectivity index (χ3v) is 4.60. The molecule has 2 aromatic carbocycles. The number of nitrogens with zero attached hydrogens (tertiary/aromatic N) is 2. The molecule has 0 fully saturated rings. The van der Waals surface area contributed by atoms with Gasteiger partial charge in [-0.1, -0.05) is 31.5 Å². The molecule has 0 atom stereocenters. The summed E-state index contributed by atoms with van der Waals surface area (Å²) in [7, 11) is 1.45. The molecule has 1 heterocycles. The minimum Gasteiger partial charge on any atom is -0.493 e. The molecule has 7 heteroatoms. The van der Waals surface area contributed by atoms with Crippen molar-refractivity contribution in [2.24, 2.45) is 0 Å². The van der Waals surface area contributed by atoms with E-state index in [1.54, 1.807) is 4.90 Å². The van der Waals surface area contributed by atoms with Crippen LogP contribution in [0.5, 0.6) is 11.5 Å². The SMILES string of the molecule is CCCCOc1cc([N+](=O)[O-])c(C(=O)N2CCc3ccccc32)cc1OC. The Morgan fingerprint density at radius 2 is 2.04 bits per heavy atom. The maximum absolute atomic E-state index is 13.1. The second kappa shape index (κ2) is 8.07. The highest BCUT2D eigenvalue weighted by Gasteiger charge is 2.31. The number of amides is 1. The van der Waals surface area contributed by atoms with Crippen LogP contribution in [0.4, 0.5) is 11.4 Å². The maximum atomic E-state index is 13.1. The van der Waals surface area contributed by atoms with Crippen molar-refractivity contribution in [2.75, 3.05) is 25.2 Å². The van der Waals surface area contributed by atoms with Gasteiger partial charge < -0.3 is 14.4 Å². The van der Waals surface area contributed by atoms with Crippen LogP contribution in [0.25, 0.3) is 0 Å². The van der Waals surface area contributed by atoms with Gasteiger partial charge in [-0.15, -0.1) is 0 Å². The molecule has 0 unspecified atom stereocenters. The van der Waals surface area contributed by atoms with Crippen LogP contribution in [0.1, 0.15) is 35.7 Å². The highest BCUT2D eigenvalue weighted by atomic mass is 16.6. The summed E-state index contributed by atoms with van der Waals surface area (Å²) < 4.78 is 10.9. The van der Waals surface area contributed by atoms with Crippen LogP contribution in [0.2, 0.25) is 0 Å². The van der Waals surface area contributed by atoms with Crippen molar-refractivity contribution in [3.8, 4) is 11.5 Å². The Bertz CT molecular complexity index is 865. The number of nitro groups is 1. The van der Waals surface area contributed by atoms with Gasteiger partial charge >= 0.3 is 0 Å². The van der Waals surface area contributed by atoms with E-state index in [4.69, 9.17) is 9.47 Å². The number of hydrogen-bond donors (Lipinski definition) is 0. The van der Waals surface area contributed by atoms with E-state index in [-0.39, 0.29) is 17.0 Å². The molecule has 7 nitrogen and oxygen atoms in total. The summed E-state index contributed by atoms with van der Waals surface area (Å²) in [6.45, 7) is 2.95. The molecule has 1 aliphatic rings. The predicted octanol–water partition coefficient (Wildman–Crippen LogP) is 3.99. The minimum absolute atomic E-state index is 0.00334. The number of carbonyl (C=O) groups is 1. The summed E-state index contributed by atoms with van der Waals surface area (Å²) in [5, 5.41) is 11.6. The zero-order chi connectivity index (χ0) is 19.4. The van der Waals surface area contributed by atoms with E-state index in [0.717, 1.165) is 30.5 Å². The molecule has 0 bridgehead atoms. The van der Waals surface area contributed by atoms with E-state index in [1.807, 2.05) is 31.2 Å². The highest BCUT2D eigenvalue weighted by molar-refractivity contribution is 6.10. The van der Waals surface area contributed by atoms with Gasteiger partial charge in [0.2, 0.25) is 0 Å². The van der Waals surface area contributed by atoms with E-state index >= 15 is 0 Å². The van der Waals surface area contributed by atoms with E-state index in [9.17, 15) is 14.9 Å². The van der Waals surface area contributed by atoms with Crippen molar-refractivity contribution in [1.82, 2.24) is 0 Å². The van der Waals surface area contributed by atoms with Crippen molar-refractivity contribution in [3.63, 3.8) is 0 Å². The number of anilines is 1. The quantitative estimate of drug-likeness (QED) is 0.418. The fourth-order valence-corrected chi connectivity index (χ4v) is 3.16. The topological polar surface area (TPSA) is 81.9 Å². The summed E-state index contributed by atoms with van der Waals surface area (Å²) in [6, 6.07) is 10.3. The lowest BCUT2D eigenvalue weighted by molar-refractivity contribution is -0.385. The number of unbranched alkanes of at least 4 members (excludes halogenated alkanes) is 1. The molecule has 0 spiro atoms. The summed E-state index contributed by atoms with van der Waals surface area (Å²) >= 11 is 0. The van der Waals surface area contributed by atoms with Gasteiger partial charge in [0, 0.05) is 18.3 Å². The van der Waals surface area contributed by atoms with E-state index in [2.05, 4.69) is 0 Å². The summed E-state index contributed by atoms with van der Waals surface area (Å²) in [4.78, 5) is 25.7. The Hall–Kier alpha value is -3.09. The Kier molecular flexibility index (Phi) is 5.59. The Labute approximate surface area is 157 Å². The van der Waals surface area contributed by atoms with Gasteiger partial charge in [-0.05, 0) is 24.5 Å². The molecule has 27 heavy (non-hydrogen) atoms. The molecular weight excluding hydrogens is 348 g/mol. The van der Waals surface area contributed by atoms with Gasteiger partial charge in [0.1, 0.15) is 5.56 Å². The Balaban J connectivity index is 1.99. The predicted molar refractivity (Wildman–Crippen MR) is 102 cm³/mol. The molecule has 0 aliphatic carbocycles. The van der Waals surface area contributed by atoms with Gasteiger partial charge in [0.25, 0.3) is 11.6 Å². The third kappa shape index (κ3) is 3.72. The third-order valence-electron chi connectivity index (χ3n) is 4.60. The number of methoxy groups -OCH3 is 1. The summed E-state index contributed by atoms with van der Waals surface area (Å²) in [5.41, 5.74) is 1.56. The highest BCUT2D eigenvalue weighted by Crippen LogP contribution is 2.37. The first kappa shape index (κ1) is 18.7. The molecule has 0 saturated carbocycles. The summed E-state index contributed by atoms with van der Waals surface area (Å²) in [5.74, 6) is 0.175. The van der Waals surface area contributed by atoms with Crippen molar-refractivity contribution < 1.29 is 19.2 Å². The average Bonchev–Trinajstić information content (AvgIpc) is 3.11. The fraction of sp³-hybridized carbons (Fsp3) is 0.350. The smallest absolute Gasteiger partial charge is 0.286 e. The van der Waals surface area contributed by atoms with Crippen molar-refractivity contribution in [3.05, 3.63) is 57.6 Å². The van der Waals surface area contributed by atoms with Crippen LogP contribution < -0.4 is 14.4 Å². The molecule has 0 aromatic heterocycles. The zero-order valence-corrected chi connectivity index (χ0v) is 15.4. The Morgan fingerprint density at radius 3 is 2.74 bits per heavy atom. The number of rotatable bonds is 7. The van der Waals surface area contributed by atoms with Gasteiger partial charge in [-0.3, -0.25) is 14.9 Å². The first-order chi connectivity index (χ1) is 13.1. The largest absolute Gasteiger partial charge is 0.493 e. The summed E-state index contributed by atoms with van der Waals surface area (Å²) in [6.07, 6.45) is 2.49. The number of para-hydroxylation sites is 1. The second-order valence-corrected chi connectivity index (χ2v) is 6.31. The molecule has 0 N–H and O–H groups in total. The lowest BCUT2D eigenvalue weighted by Crippen LogP contribution is -2.29. The monoisotopic (exact) mass is 370 g/mol. The van der Waals surface area contributed by atoms with Gasteiger partial charge in [0.15, 0.2) is 11.5 Å². The fourth-order valence-electron chi connectivity index (χ4n) is 3.16. The molecule has 1 aliphatic heterocycles. The number of hydrogen-bond acceptors (Lipinski definition) is 5. The van der Waals surface area contributed by atoms with Gasteiger partial charge in [0.05, 0.1) is 24.7 Å². The van der Waals surface area contributed by atoms with Crippen LogP contribution in [0, 0.1) is 10.1 Å². The first-order valence-corrected chi connectivity index (χ1v) is 8.95. The van der Waals surface area contributed by atoms with E-state index < -0.39 is 10.8 Å². The normalized spacial score (nSPS) is 12.6. The lowest BCUT2D eigenvalue weighted by atomic mass is 10.1. The van der Waals surface area contributed by atoms with Crippen LogP contribution in [0.3, 0.4) is 0 Å². The molecule has 0 radical (unpaired) electrons. The molecule has 2 aromatic rings. The second-order valence-electron chi connectivity index (χ2n) is 6.31. The van der Waals surface area contributed by atoms with Gasteiger partial charge in [-0.25, -0.2) is 0 Å². The zero-order valence-electron chi connectivity index (χ0n) is 15.4. The van der Waals surface area contributed by atoms with Crippen molar-refractivity contribution in [1.29, 1.82) is 0 Å². The van der Waals surface area contributed by atoms with Crippen LogP contribution in [-0.2, 0) is 6.42 Å². The molecule has 1 amide bonds. The van der Waals surface area contributed by atoms with Crippen LogP contribution >= 0.6 is 0 Å². The Morgan fingerprint density at radius 1 is 1.26 bits per heavy atom. The molecule has 142 valence electrons. The lowest BCUT2D eigenvalue weighted by Gasteiger charge is -2.18. The first-order valence-electron chi connectivity index (χ1n) is 8.95. The standard InChI is InChI=1S/C20H22N2O5/c1-3-4-11-27-19-13-17(22(24)25)15(12-18(19)26-2)20(23)21-10-9-14-7-5-6-8-16(14)21/h5-8,12-13H,3-4,9-11H2,1-2H3. The number of carbonyl (C=O) groups excluding carboxylic acids is 1. The maximum Gasteiger partial charge on any atom is 0.286 e. The molecule has 0 saturated heterocycles. The van der Waals surface area contributed by atoms with Crippen molar-refractivity contribution in [2.45, 2.75) is 26.2 Å². The van der Waals surface area contributed by atoms with Crippen LogP contribution in [0.15, 0.2) is 36.4 Å². The number of ether oxygens (including phenoxy) is 2. The number of nitro benzene ring substituents is 1. The molecule has 3 rings (SSSR count). The van der Waals surface area contributed by atoms with Crippen molar-refractivity contribution >= 4 is 17.3 Å². The number of fused-ring (bicyclic) bond motifs is 1. The van der Waals surface area contributed by atoms with E-state index in [0.29, 0.717) is 18.9 Å². The van der Waals surface area contributed by atoms with Gasteiger partial charge in [-0.2, -0.15) is 0 Å². The van der Waals surface area contributed by atoms with E-state index in [1.165, 1.54) is 19.2 Å². The number of benzene rings is 2. The van der Waals surface area contributed by atoms with Crippen LogP contribution in [-0.4, -0.2) is 31.1 Å².